The van der Waals surface area contributed by atoms with E-state index >= 15 is 0 Å². The fourth-order valence-electron chi connectivity index (χ4n) is 4.84. The van der Waals surface area contributed by atoms with E-state index in [1.807, 2.05) is 10.6 Å². The molecule has 1 aromatic heterocycles. The molecule has 3 heterocycles. The van der Waals surface area contributed by atoms with E-state index in [0.717, 1.165) is 31.4 Å². The fraction of sp³-hybridized carbons (Fsp3) is 0.318. The Morgan fingerprint density at radius 1 is 1.04 bits per heavy atom. The van der Waals surface area contributed by atoms with Crippen LogP contribution in [-0.4, -0.2) is 21.9 Å². The van der Waals surface area contributed by atoms with Gasteiger partial charge in [-0.15, -0.1) is 0 Å². The topological polar surface area (TPSA) is 25.2 Å². The van der Waals surface area contributed by atoms with Gasteiger partial charge in [0.1, 0.15) is 0 Å². The lowest BCUT2D eigenvalue weighted by atomic mass is 9.88. The number of benzene rings is 2. The van der Waals surface area contributed by atoms with Crippen LogP contribution in [0.5, 0.6) is 0 Å². The normalized spacial score (nSPS) is 22.5. The third-order valence-corrected chi connectivity index (χ3v) is 5.93. The van der Waals surface area contributed by atoms with E-state index in [1.54, 1.807) is 0 Å². The zero-order valence-electron chi connectivity index (χ0n) is 14.5. The van der Waals surface area contributed by atoms with E-state index < -0.39 is 0 Å². The molecule has 3 nitrogen and oxygen atoms in total. The Morgan fingerprint density at radius 3 is 2.60 bits per heavy atom. The first-order chi connectivity index (χ1) is 12.3. The van der Waals surface area contributed by atoms with Crippen LogP contribution in [0.15, 0.2) is 54.6 Å². The van der Waals surface area contributed by atoms with E-state index in [0.29, 0.717) is 0 Å². The molecule has 5 rings (SSSR count). The molecule has 25 heavy (non-hydrogen) atoms. The first-order valence-electron chi connectivity index (χ1n) is 9.24. The summed E-state index contributed by atoms with van der Waals surface area (Å²) in [6.45, 7) is 4.08. The van der Waals surface area contributed by atoms with E-state index in [-0.39, 0.29) is 17.9 Å². The molecule has 126 valence electrons. The van der Waals surface area contributed by atoms with Crippen LogP contribution in [0.2, 0.25) is 0 Å². The highest BCUT2D eigenvalue weighted by atomic mass is 16.2. The molecule has 0 amide bonds. The van der Waals surface area contributed by atoms with Crippen LogP contribution in [0, 0.1) is 5.92 Å². The first-order valence-corrected chi connectivity index (χ1v) is 9.24. The summed E-state index contributed by atoms with van der Waals surface area (Å²) in [5, 5.41) is 1.27. The van der Waals surface area contributed by atoms with Gasteiger partial charge in [0, 0.05) is 24.2 Å². The Hall–Kier alpha value is -2.39. The Kier molecular flexibility index (Phi) is 3.32. The number of rotatable bonds is 3. The fourth-order valence-corrected chi connectivity index (χ4v) is 4.84. The molecule has 0 saturated heterocycles. The molecule has 0 fully saturated rings. The van der Waals surface area contributed by atoms with Crippen molar-refractivity contribution >= 4 is 16.8 Å². The van der Waals surface area contributed by atoms with E-state index in [1.165, 1.54) is 22.2 Å². The van der Waals surface area contributed by atoms with Crippen molar-refractivity contribution in [2.45, 2.75) is 32.4 Å². The number of hydrogen-bond donors (Lipinski definition) is 0. The van der Waals surface area contributed by atoms with Gasteiger partial charge in [0.05, 0.1) is 17.5 Å². The second-order valence-corrected chi connectivity index (χ2v) is 7.22. The zero-order valence-corrected chi connectivity index (χ0v) is 14.5. The molecule has 0 spiro atoms. The lowest BCUT2D eigenvalue weighted by Crippen LogP contribution is -2.37. The molecule has 0 aliphatic carbocycles. The SMILES string of the molecule is CCC1C(=O)n2c3c(c4ccccc42)CCN(Cc2ccccc2)C31. The third-order valence-electron chi connectivity index (χ3n) is 5.93. The molecule has 0 saturated carbocycles. The quantitative estimate of drug-likeness (QED) is 0.710. The van der Waals surface area contributed by atoms with Crippen LogP contribution in [0.25, 0.3) is 10.9 Å². The van der Waals surface area contributed by atoms with Crippen molar-refractivity contribution in [2.24, 2.45) is 5.92 Å². The molecule has 2 aromatic carbocycles. The maximum atomic E-state index is 13.2. The van der Waals surface area contributed by atoms with Gasteiger partial charge in [-0.1, -0.05) is 55.5 Å². The van der Waals surface area contributed by atoms with Crippen molar-refractivity contribution in [3.8, 4) is 0 Å². The summed E-state index contributed by atoms with van der Waals surface area (Å²) < 4.78 is 2.03. The molecule has 2 atom stereocenters. The average Bonchev–Trinajstić information content (AvgIpc) is 3.14. The number of carbonyl (C=O) groups is 1. The van der Waals surface area contributed by atoms with Crippen LogP contribution in [-0.2, 0) is 13.0 Å². The minimum absolute atomic E-state index is 0.0716. The summed E-state index contributed by atoms with van der Waals surface area (Å²) >= 11 is 0. The highest BCUT2D eigenvalue weighted by Crippen LogP contribution is 2.47. The molecule has 0 N–H and O–H groups in total. The Morgan fingerprint density at radius 2 is 1.80 bits per heavy atom. The summed E-state index contributed by atoms with van der Waals surface area (Å²) in [6, 6.07) is 19.2. The van der Waals surface area contributed by atoms with E-state index in [4.69, 9.17) is 0 Å². The summed E-state index contributed by atoms with van der Waals surface area (Å²) in [5.74, 6) is 0.354. The maximum Gasteiger partial charge on any atom is 0.236 e. The number of hydrogen-bond acceptors (Lipinski definition) is 2. The van der Waals surface area contributed by atoms with Gasteiger partial charge in [-0.05, 0) is 30.0 Å². The van der Waals surface area contributed by atoms with Crippen molar-refractivity contribution in [3.63, 3.8) is 0 Å². The van der Waals surface area contributed by atoms with Gasteiger partial charge in [0.15, 0.2) is 0 Å². The molecule has 3 aromatic rings. The van der Waals surface area contributed by atoms with Gasteiger partial charge in [-0.25, -0.2) is 0 Å². The summed E-state index contributed by atoms with van der Waals surface area (Å²) in [5.41, 5.74) is 5.08. The standard InChI is InChI=1S/C22H22N2O/c1-2-16-20-21-18(12-13-23(20)14-15-8-4-3-5-9-15)17-10-6-7-11-19(17)24(21)22(16)25/h3-11,16,20H,2,12-14H2,1H3. The number of fused-ring (bicyclic) bond motifs is 3. The molecule has 0 radical (unpaired) electrons. The van der Waals surface area contributed by atoms with E-state index in [9.17, 15) is 4.79 Å². The lowest BCUT2D eigenvalue weighted by molar-refractivity contribution is 0.0757. The monoisotopic (exact) mass is 330 g/mol. The Balaban J connectivity index is 1.65. The smallest absolute Gasteiger partial charge is 0.236 e. The van der Waals surface area contributed by atoms with Gasteiger partial charge >= 0.3 is 0 Å². The minimum atomic E-state index is 0.0716. The molecule has 2 aliphatic rings. The number of aromatic nitrogens is 1. The maximum absolute atomic E-state index is 13.2. The van der Waals surface area contributed by atoms with Crippen LogP contribution in [0.3, 0.4) is 0 Å². The van der Waals surface area contributed by atoms with Crippen molar-refractivity contribution < 1.29 is 4.79 Å². The van der Waals surface area contributed by atoms with Gasteiger partial charge in [-0.2, -0.15) is 0 Å². The highest BCUT2D eigenvalue weighted by molar-refractivity contribution is 6.00. The summed E-state index contributed by atoms with van der Waals surface area (Å²) in [7, 11) is 0. The molecule has 3 heteroatoms. The second-order valence-electron chi connectivity index (χ2n) is 7.22. The molecule has 2 aliphatic heterocycles. The molecular weight excluding hydrogens is 308 g/mol. The highest BCUT2D eigenvalue weighted by Gasteiger charge is 2.46. The first kappa shape index (κ1) is 14.9. The summed E-state index contributed by atoms with van der Waals surface area (Å²) in [4.78, 5) is 15.7. The van der Waals surface area contributed by atoms with Crippen LogP contribution in [0.4, 0.5) is 0 Å². The van der Waals surface area contributed by atoms with Gasteiger partial charge < -0.3 is 0 Å². The molecular formula is C22H22N2O. The lowest BCUT2D eigenvalue weighted by Gasteiger charge is -2.36. The van der Waals surface area contributed by atoms with Crippen molar-refractivity contribution in [1.29, 1.82) is 0 Å². The average molecular weight is 330 g/mol. The largest absolute Gasteiger partial charge is 0.289 e. The Bertz CT molecular complexity index is 957. The zero-order chi connectivity index (χ0) is 17.0. The van der Waals surface area contributed by atoms with Crippen molar-refractivity contribution in [3.05, 3.63) is 71.4 Å². The van der Waals surface area contributed by atoms with Crippen molar-refractivity contribution in [1.82, 2.24) is 9.47 Å². The predicted octanol–water partition coefficient (Wildman–Crippen LogP) is 4.42. The number of para-hydroxylation sites is 1. The van der Waals surface area contributed by atoms with Gasteiger partial charge in [0.2, 0.25) is 5.91 Å². The summed E-state index contributed by atoms with van der Waals surface area (Å²) in [6.07, 6.45) is 1.92. The second kappa shape index (κ2) is 5.57. The van der Waals surface area contributed by atoms with Gasteiger partial charge in [0.25, 0.3) is 0 Å². The van der Waals surface area contributed by atoms with Crippen LogP contribution >= 0.6 is 0 Å². The van der Waals surface area contributed by atoms with Crippen LogP contribution in [0.1, 0.15) is 41.0 Å². The predicted molar refractivity (Wildman–Crippen MR) is 99.6 cm³/mol. The molecule has 0 bridgehead atoms. The Labute approximate surface area is 147 Å². The van der Waals surface area contributed by atoms with Crippen molar-refractivity contribution in [2.75, 3.05) is 6.54 Å². The minimum Gasteiger partial charge on any atom is -0.289 e. The third kappa shape index (κ3) is 2.05. The van der Waals surface area contributed by atoms with Gasteiger partial charge in [-0.3, -0.25) is 14.3 Å². The van der Waals surface area contributed by atoms with E-state index in [2.05, 4.69) is 60.4 Å². The molecule has 2 unspecified atom stereocenters. The number of carbonyl (C=O) groups excluding carboxylic acids is 1. The number of nitrogens with zero attached hydrogens (tertiary/aromatic N) is 2. The van der Waals surface area contributed by atoms with Crippen LogP contribution < -0.4 is 0 Å².